The Labute approximate surface area is 136 Å². The largest absolute Gasteiger partial charge is 0.477 e. The summed E-state index contributed by atoms with van der Waals surface area (Å²) in [5.74, 6) is -1.05. The lowest BCUT2D eigenvalue weighted by Gasteiger charge is -2.36. The quantitative estimate of drug-likeness (QED) is 0.543. The number of thiophene rings is 1. The highest BCUT2D eigenvalue weighted by Crippen LogP contribution is 2.36. The lowest BCUT2D eigenvalue weighted by molar-refractivity contribution is 0.0703. The fourth-order valence-corrected chi connectivity index (χ4v) is 3.16. The van der Waals surface area contributed by atoms with E-state index in [2.05, 4.69) is 44.5 Å². The number of carbonyl (C=O) groups excluding carboxylic acids is 1. The second-order valence-corrected chi connectivity index (χ2v) is 12.2. The summed E-state index contributed by atoms with van der Waals surface area (Å²) in [6, 6.07) is 1.14. The van der Waals surface area contributed by atoms with Crippen molar-refractivity contribution in [3.05, 3.63) is 16.3 Å². The smallest absolute Gasteiger partial charge is 0.348 e. The van der Waals surface area contributed by atoms with Crippen LogP contribution in [0, 0.1) is 0 Å². The van der Waals surface area contributed by atoms with Gasteiger partial charge >= 0.3 is 12.0 Å². The van der Waals surface area contributed by atoms with Crippen molar-refractivity contribution in [2.45, 2.75) is 38.9 Å². The average Bonchev–Trinajstić information content (AvgIpc) is 2.81. The van der Waals surface area contributed by atoms with Crippen LogP contribution in [-0.2, 0) is 4.43 Å². The lowest BCUT2D eigenvalue weighted by atomic mass is 10.2. The summed E-state index contributed by atoms with van der Waals surface area (Å²) in [6.45, 7) is 11.6. The molecule has 0 radical (unpaired) electrons. The van der Waals surface area contributed by atoms with Gasteiger partial charge in [0, 0.05) is 6.54 Å². The van der Waals surface area contributed by atoms with Crippen LogP contribution in [0.25, 0.3) is 0 Å². The van der Waals surface area contributed by atoms with E-state index in [1.54, 1.807) is 11.4 Å². The number of anilines is 1. The molecule has 0 aliphatic heterocycles. The number of nitrogens with one attached hydrogen (secondary N) is 2. The number of aromatic carboxylic acids is 1. The van der Waals surface area contributed by atoms with E-state index in [1.165, 1.54) is 0 Å². The van der Waals surface area contributed by atoms with Crippen molar-refractivity contribution in [1.82, 2.24) is 5.32 Å². The van der Waals surface area contributed by atoms with Crippen LogP contribution in [0.2, 0.25) is 18.1 Å². The minimum Gasteiger partial charge on any atom is -0.477 e. The number of carboxylic acids is 1. The minimum absolute atomic E-state index is 0.118. The van der Waals surface area contributed by atoms with E-state index < -0.39 is 20.3 Å². The predicted molar refractivity (Wildman–Crippen MR) is 91.4 cm³/mol. The maximum absolute atomic E-state index is 11.8. The van der Waals surface area contributed by atoms with Gasteiger partial charge in [-0.15, -0.1) is 11.3 Å². The summed E-state index contributed by atoms with van der Waals surface area (Å²) in [5.41, 5.74) is 0.306. The number of carbonyl (C=O) groups is 2. The minimum atomic E-state index is -1.81. The van der Waals surface area contributed by atoms with Crippen LogP contribution >= 0.6 is 11.3 Å². The normalized spacial score (nSPS) is 12.0. The number of carboxylic acid groups (broad SMARTS) is 1. The molecule has 0 aliphatic rings. The Kier molecular flexibility index (Phi) is 6.15. The molecule has 22 heavy (non-hydrogen) atoms. The van der Waals surface area contributed by atoms with Crippen molar-refractivity contribution >= 4 is 37.3 Å². The van der Waals surface area contributed by atoms with Gasteiger partial charge in [-0.3, -0.25) is 0 Å². The highest BCUT2D eigenvalue weighted by Gasteiger charge is 2.36. The highest BCUT2D eigenvalue weighted by atomic mass is 32.1. The molecule has 0 saturated carbocycles. The predicted octanol–water partition coefficient (Wildman–Crippen LogP) is 3.59. The standard InChI is InChI=1S/C14H24N2O4SSi/c1-14(2,3)22(4,5)20-8-7-15-13(19)16-10-6-9-21-11(10)12(17)18/h6,9H,7-8H2,1-5H3,(H,17,18)(H2,15,16,19). The zero-order chi connectivity index (χ0) is 17.0. The zero-order valence-corrected chi connectivity index (χ0v) is 15.5. The van der Waals surface area contributed by atoms with Crippen LogP contribution in [0.3, 0.4) is 0 Å². The van der Waals surface area contributed by atoms with Crippen LogP contribution in [0.1, 0.15) is 30.4 Å². The molecule has 1 heterocycles. The van der Waals surface area contributed by atoms with E-state index in [0.29, 0.717) is 18.8 Å². The highest BCUT2D eigenvalue weighted by molar-refractivity contribution is 7.12. The third-order valence-corrected chi connectivity index (χ3v) is 9.20. The van der Waals surface area contributed by atoms with Gasteiger partial charge in [-0.2, -0.15) is 0 Å². The molecule has 6 nitrogen and oxygen atoms in total. The van der Waals surface area contributed by atoms with E-state index >= 15 is 0 Å². The van der Waals surface area contributed by atoms with Crippen LogP contribution in [-0.4, -0.2) is 38.6 Å². The van der Waals surface area contributed by atoms with Crippen LogP contribution in [0.5, 0.6) is 0 Å². The summed E-state index contributed by atoms with van der Waals surface area (Å²) in [4.78, 5) is 22.8. The maximum atomic E-state index is 11.8. The second-order valence-electron chi connectivity index (χ2n) is 6.46. The number of urea groups is 1. The zero-order valence-electron chi connectivity index (χ0n) is 13.6. The van der Waals surface area contributed by atoms with Crippen molar-refractivity contribution in [3.63, 3.8) is 0 Å². The number of amides is 2. The van der Waals surface area contributed by atoms with Gasteiger partial charge in [0.25, 0.3) is 0 Å². The van der Waals surface area contributed by atoms with Crippen molar-refractivity contribution in [1.29, 1.82) is 0 Å². The van der Waals surface area contributed by atoms with Crippen molar-refractivity contribution in [3.8, 4) is 0 Å². The Morgan fingerprint density at radius 3 is 2.55 bits per heavy atom. The maximum Gasteiger partial charge on any atom is 0.348 e. The van der Waals surface area contributed by atoms with Gasteiger partial charge in [0.1, 0.15) is 4.88 Å². The average molecular weight is 345 g/mol. The van der Waals surface area contributed by atoms with Gasteiger partial charge in [-0.25, -0.2) is 9.59 Å². The molecule has 0 saturated heterocycles. The summed E-state index contributed by atoms with van der Waals surface area (Å²) >= 11 is 1.07. The first-order chi connectivity index (χ1) is 10.0. The molecule has 0 aliphatic carbocycles. The molecule has 8 heteroatoms. The van der Waals surface area contributed by atoms with Gasteiger partial charge in [0.05, 0.1) is 12.3 Å². The number of hydrogen-bond donors (Lipinski definition) is 3. The van der Waals surface area contributed by atoms with E-state index in [0.717, 1.165) is 11.3 Å². The fourth-order valence-electron chi connectivity index (χ4n) is 1.43. The van der Waals surface area contributed by atoms with Gasteiger partial charge in [0.2, 0.25) is 0 Å². The molecule has 1 aromatic heterocycles. The summed E-state index contributed by atoms with van der Waals surface area (Å²) in [5, 5.41) is 15.9. The second kappa shape index (κ2) is 7.25. The van der Waals surface area contributed by atoms with Gasteiger partial charge in [-0.05, 0) is 29.6 Å². The Morgan fingerprint density at radius 2 is 2.00 bits per heavy atom. The van der Waals surface area contributed by atoms with Crippen molar-refractivity contribution in [2.75, 3.05) is 18.5 Å². The Hall–Kier alpha value is -1.38. The fraction of sp³-hybridized carbons (Fsp3) is 0.571. The van der Waals surface area contributed by atoms with Crippen LogP contribution < -0.4 is 10.6 Å². The third kappa shape index (κ3) is 5.11. The molecule has 0 fully saturated rings. The third-order valence-electron chi connectivity index (χ3n) is 3.76. The topological polar surface area (TPSA) is 87.7 Å². The molecule has 0 aromatic carbocycles. The Bertz CT molecular complexity index is 537. The molecule has 0 atom stereocenters. The van der Waals surface area contributed by atoms with Crippen molar-refractivity contribution < 1.29 is 19.1 Å². The summed E-state index contributed by atoms with van der Waals surface area (Å²) < 4.78 is 5.95. The van der Waals surface area contributed by atoms with E-state index in [1.807, 2.05) is 0 Å². The monoisotopic (exact) mass is 344 g/mol. The molecule has 1 rings (SSSR count). The molecule has 124 valence electrons. The lowest BCUT2D eigenvalue weighted by Crippen LogP contribution is -2.43. The summed E-state index contributed by atoms with van der Waals surface area (Å²) in [6.07, 6.45) is 0. The molecule has 0 spiro atoms. The van der Waals surface area contributed by atoms with Gasteiger partial charge < -0.3 is 20.2 Å². The molecular formula is C14H24N2O4SSi. The number of rotatable bonds is 6. The SMILES string of the molecule is CC(C)(C)[Si](C)(C)OCCNC(=O)Nc1ccsc1C(=O)O. The van der Waals surface area contributed by atoms with Crippen molar-refractivity contribution in [2.24, 2.45) is 0 Å². The van der Waals surface area contributed by atoms with E-state index in [4.69, 9.17) is 9.53 Å². The molecule has 0 bridgehead atoms. The van der Waals surface area contributed by atoms with Crippen LogP contribution in [0.15, 0.2) is 11.4 Å². The van der Waals surface area contributed by atoms with E-state index in [9.17, 15) is 9.59 Å². The summed E-state index contributed by atoms with van der Waals surface area (Å²) in [7, 11) is -1.81. The first-order valence-electron chi connectivity index (χ1n) is 7.04. The van der Waals surface area contributed by atoms with Crippen LogP contribution in [0.4, 0.5) is 10.5 Å². The Balaban J connectivity index is 2.39. The molecule has 2 amide bonds. The number of hydrogen-bond acceptors (Lipinski definition) is 4. The van der Waals surface area contributed by atoms with Gasteiger partial charge in [-0.1, -0.05) is 20.8 Å². The first kappa shape index (κ1) is 18.7. The molecule has 1 aromatic rings. The molecule has 3 N–H and O–H groups in total. The van der Waals surface area contributed by atoms with Gasteiger partial charge in [0.15, 0.2) is 8.32 Å². The molecular weight excluding hydrogens is 320 g/mol. The molecule has 0 unspecified atom stereocenters. The first-order valence-corrected chi connectivity index (χ1v) is 10.8. The van der Waals surface area contributed by atoms with E-state index in [-0.39, 0.29) is 9.92 Å². The Morgan fingerprint density at radius 1 is 1.36 bits per heavy atom.